The summed E-state index contributed by atoms with van der Waals surface area (Å²) in [6, 6.07) is 9.17. The maximum atomic E-state index is 12.3. The van der Waals surface area contributed by atoms with E-state index in [1.165, 1.54) is 0 Å². The van der Waals surface area contributed by atoms with E-state index in [2.05, 4.69) is 5.32 Å². The lowest BCUT2D eigenvalue weighted by atomic mass is 9.76. The second-order valence-electron chi connectivity index (χ2n) is 4.03. The van der Waals surface area contributed by atoms with Gasteiger partial charge in [0.25, 0.3) is 0 Å². The van der Waals surface area contributed by atoms with Crippen LogP contribution < -0.4 is 5.32 Å². The molecule has 1 aliphatic rings. The molecule has 1 aromatic carbocycles. The smallest absolute Gasteiger partial charge is 0.157 e. The molecule has 15 heavy (non-hydrogen) atoms. The summed E-state index contributed by atoms with van der Waals surface area (Å²) in [7, 11) is 0. The lowest BCUT2D eigenvalue weighted by Gasteiger charge is -2.36. The molecule has 0 saturated heterocycles. The normalized spacial score (nSPS) is 30.4. The highest BCUT2D eigenvalue weighted by Gasteiger charge is 2.39. The first-order valence-electron chi connectivity index (χ1n) is 6.82. The van der Waals surface area contributed by atoms with E-state index in [1.54, 1.807) is 0 Å². The van der Waals surface area contributed by atoms with Crippen LogP contribution >= 0.6 is 0 Å². The maximum Gasteiger partial charge on any atom is 0.157 e. The highest BCUT2D eigenvalue weighted by atomic mass is 16.1. The molecule has 0 amide bonds. The third-order valence-corrected chi connectivity index (χ3v) is 3.16. The van der Waals surface area contributed by atoms with Gasteiger partial charge in [0.05, 0.1) is 0 Å². The number of likely N-dealkylation sites (N-methyl/N-ethyl adjacent to an activating group) is 1. The topological polar surface area (TPSA) is 29.1 Å². The van der Waals surface area contributed by atoms with Gasteiger partial charge < -0.3 is 5.32 Å². The van der Waals surface area contributed by atoms with E-state index < -0.39 is 12.5 Å². The Morgan fingerprint density at radius 2 is 2.13 bits per heavy atom. The molecule has 0 aromatic heterocycles. The molecular weight excluding hydrogens is 186 g/mol. The van der Waals surface area contributed by atoms with Crippen molar-refractivity contribution in [2.24, 2.45) is 0 Å². The van der Waals surface area contributed by atoms with E-state index in [4.69, 9.17) is 4.11 Å². The molecule has 0 radical (unpaired) electrons. The van der Waals surface area contributed by atoms with Crippen LogP contribution in [0.15, 0.2) is 30.3 Å². The van der Waals surface area contributed by atoms with Gasteiger partial charge in [-0.15, -0.1) is 0 Å². The molecule has 1 atom stereocenters. The monoisotopic (exact) mass is 206 g/mol. The zero-order valence-electron chi connectivity index (χ0n) is 11.6. The average molecular weight is 206 g/mol. The highest BCUT2D eigenvalue weighted by Crippen LogP contribution is 2.33. The van der Waals surface area contributed by atoms with Crippen molar-refractivity contribution >= 4 is 5.78 Å². The zero-order chi connectivity index (χ0) is 13.2. The quantitative estimate of drug-likeness (QED) is 0.804. The highest BCUT2D eigenvalue weighted by molar-refractivity contribution is 5.90. The molecule has 2 heteroatoms. The molecule has 1 N–H and O–H groups in total. The largest absolute Gasteiger partial charge is 0.304 e. The fraction of sp³-hybridized carbons (Fsp3) is 0.462. The van der Waals surface area contributed by atoms with Crippen LogP contribution in [-0.2, 0) is 10.3 Å². The van der Waals surface area contributed by atoms with Gasteiger partial charge in [-0.25, -0.2) is 0 Å². The van der Waals surface area contributed by atoms with E-state index in [0.717, 1.165) is 18.4 Å². The number of Topliss-reactive ketones (excluding diaryl/α,β-unsaturated/α-hetero) is 1. The van der Waals surface area contributed by atoms with Crippen molar-refractivity contribution in [1.29, 1.82) is 0 Å². The summed E-state index contributed by atoms with van der Waals surface area (Å²) < 4.78 is 22.2. The number of carbonyl (C=O) groups excluding carboxylic acids is 1. The second kappa shape index (κ2) is 4.15. The Labute approximate surface area is 94.9 Å². The minimum Gasteiger partial charge on any atom is -0.304 e. The number of nitrogens with one attached hydrogen (secondary N) is 1. The van der Waals surface area contributed by atoms with Gasteiger partial charge in [-0.1, -0.05) is 36.8 Å². The molecular formula is C13H17NO. The summed E-state index contributed by atoms with van der Waals surface area (Å²) >= 11 is 0. The van der Waals surface area contributed by atoms with Gasteiger partial charge in [-0.05, 0) is 25.4 Å². The van der Waals surface area contributed by atoms with Gasteiger partial charge in [0, 0.05) is 10.5 Å². The van der Waals surface area contributed by atoms with Crippen LogP contribution in [0.25, 0.3) is 0 Å². The molecule has 1 unspecified atom stereocenters. The molecule has 1 aliphatic carbocycles. The third kappa shape index (κ3) is 1.70. The fourth-order valence-electron chi connectivity index (χ4n) is 2.26. The van der Waals surface area contributed by atoms with Crippen LogP contribution in [0.3, 0.4) is 0 Å². The number of rotatable bonds is 2. The lowest BCUT2D eigenvalue weighted by molar-refractivity contribution is -0.127. The summed E-state index contributed by atoms with van der Waals surface area (Å²) in [6.45, 7) is -2.32. The number of carbonyl (C=O) groups is 1. The van der Waals surface area contributed by atoms with Gasteiger partial charge in [0.1, 0.15) is 5.54 Å². The Hall–Kier alpha value is -1.15. The molecule has 2 nitrogen and oxygen atoms in total. The summed E-state index contributed by atoms with van der Waals surface area (Å²) in [6.07, 6.45) is 2.70. The van der Waals surface area contributed by atoms with Gasteiger partial charge >= 0.3 is 0 Å². The van der Waals surface area contributed by atoms with Crippen molar-refractivity contribution in [2.45, 2.75) is 31.2 Å². The van der Waals surface area contributed by atoms with E-state index >= 15 is 0 Å². The third-order valence-electron chi connectivity index (χ3n) is 3.16. The average Bonchev–Trinajstić information content (AvgIpc) is 2.32. The summed E-state index contributed by atoms with van der Waals surface area (Å²) in [5, 5.41) is 2.59. The Kier molecular flexibility index (Phi) is 1.99. The van der Waals surface area contributed by atoms with E-state index in [9.17, 15) is 4.79 Å². The Bertz CT molecular complexity index is 430. The first kappa shape index (κ1) is 7.18. The number of hydrogen-bond donors (Lipinski definition) is 1. The van der Waals surface area contributed by atoms with Crippen molar-refractivity contribution in [1.82, 2.24) is 5.32 Å². The first-order chi connectivity index (χ1) is 8.44. The molecule has 0 aliphatic heterocycles. The molecule has 0 bridgehead atoms. The van der Waals surface area contributed by atoms with Gasteiger partial charge in [0.15, 0.2) is 5.78 Å². The fourth-order valence-corrected chi connectivity index (χ4v) is 2.26. The van der Waals surface area contributed by atoms with Crippen molar-refractivity contribution in [3.05, 3.63) is 35.9 Å². The van der Waals surface area contributed by atoms with Gasteiger partial charge in [0.2, 0.25) is 0 Å². The van der Waals surface area contributed by atoms with Crippen LogP contribution in [-0.4, -0.2) is 12.8 Å². The Balaban J connectivity index is 2.42. The van der Waals surface area contributed by atoms with Crippen molar-refractivity contribution in [2.75, 3.05) is 6.98 Å². The van der Waals surface area contributed by atoms with Crippen molar-refractivity contribution in [3.8, 4) is 0 Å². The number of hydrogen-bond acceptors (Lipinski definition) is 2. The molecule has 1 saturated carbocycles. The predicted molar refractivity (Wildman–Crippen MR) is 60.7 cm³/mol. The zero-order valence-corrected chi connectivity index (χ0v) is 8.62. The van der Waals surface area contributed by atoms with Crippen LogP contribution in [0, 0.1) is 0 Å². The molecule has 0 spiro atoms. The number of benzene rings is 1. The van der Waals surface area contributed by atoms with Gasteiger partial charge in [-0.2, -0.15) is 0 Å². The SMILES string of the molecule is [2H]C([2H])([2H])NC1(c2ccccc2)CCCCC1=O. The molecule has 0 heterocycles. The molecule has 2 rings (SSSR count). The van der Waals surface area contributed by atoms with Crippen LogP contribution in [0.2, 0.25) is 0 Å². The minimum atomic E-state index is -2.32. The minimum absolute atomic E-state index is 0.0175. The number of ketones is 1. The Morgan fingerprint density at radius 1 is 1.33 bits per heavy atom. The molecule has 80 valence electrons. The standard InChI is InChI=1S/C13H17NO/c1-14-13(10-6-5-9-12(13)15)11-7-3-2-4-8-11/h2-4,7-8,14H,5-6,9-10H2,1H3/i1D3. The van der Waals surface area contributed by atoms with Crippen molar-refractivity contribution < 1.29 is 8.91 Å². The molecule has 1 fully saturated rings. The summed E-state index contributed by atoms with van der Waals surface area (Å²) in [5.41, 5.74) is -0.282. The summed E-state index contributed by atoms with van der Waals surface area (Å²) in [4.78, 5) is 12.3. The van der Waals surface area contributed by atoms with E-state index in [1.807, 2.05) is 30.3 Å². The molecule has 1 aromatic rings. The maximum absolute atomic E-state index is 12.3. The Morgan fingerprint density at radius 3 is 2.80 bits per heavy atom. The summed E-state index contributed by atoms with van der Waals surface area (Å²) in [5.74, 6) is -0.0175. The van der Waals surface area contributed by atoms with E-state index in [0.29, 0.717) is 12.8 Å². The van der Waals surface area contributed by atoms with Crippen LogP contribution in [0.4, 0.5) is 0 Å². The first-order valence-corrected chi connectivity index (χ1v) is 5.32. The van der Waals surface area contributed by atoms with E-state index in [-0.39, 0.29) is 5.78 Å². The van der Waals surface area contributed by atoms with Crippen LogP contribution in [0.1, 0.15) is 35.4 Å². The van der Waals surface area contributed by atoms with Gasteiger partial charge in [-0.3, -0.25) is 4.79 Å². The second-order valence-corrected chi connectivity index (χ2v) is 4.03. The predicted octanol–water partition coefficient (Wildman–Crippen LogP) is 2.24. The lowest BCUT2D eigenvalue weighted by Crippen LogP contribution is -2.49. The van der Waals surface area contributed by atoms with Crippen LogP contribution in [0.5, 0.6) is 0 Å². The van der Waals surface area contributed by atoms with Crippen molar-refractivity contribution in [3.63, 3.8) is 0 Å².